The van der Waals surface area contributed by atoms with Crippen molar-refractivity contribution in [3.63, 3.8) is 0 Å². The van der Waals surface area contributed by atoms with Crippen LogP contribution < -0.4 is 5.32 Å². The van der Waals surface area contributed by atoms with E-state index in [9.17, 15) is 14.0 Å². The molecule has 2 amide bonds. The molecule has 0 radical (unpaired) electrons. The molecule has 1 saturated carbocycles. The Morgan fingerprint density at radius 2 is 2.14 bits per heavy atom. The highest BCUT2D eigenvalue weighted by Crippen LogP contribution is 2.28. The maximum atomic E-state index is 13.4. The second-order valence-electron chi connectivity index (χ2n) is 7.35. The Kier molecular flexibility index (Phi) is 8.86. The first-order valence-corrected chi connectivity index (χ1v) is 10.00. The van der Waals surface area contributed by atoms with E-state index in [0.717, 1.165) is 6.42 Å². The molecule has 7 heteroatoms. The van der Waals surface area contributed by atoms with Gasteiger partial charge in [0, 0.05) is 38.3 Å². The number of hydrogen-bond acceptors (Lipinski definition) is 4. The van der Waals surface area contributed by atoms with E-state index in [0.29, 0.717) is 38.8 Å². The van der Waals surface area contributed by atoms with Crippen LogP contribution in [0, 0.1) is 11.7 Å². The fourth-order valence-electron chi connectivity index (χ4n) is 3.60. The monoisotopic (exact) mass is 394 g/mol. The first-order chi connectivity index (χ1) is 13.5. The predicted molar refractivity (Wildman–Crippen MR) is 104 cm³/mol. The molecule has 1 aliphatic carbocycles. The van der Waals surface area contributed by atoms with Crippen molar-refractivity contribution >= 4 is 11.8 Å². The molecule has 3 atom stereocenters. The average molecular weight is 394 g/mol. The van der Waals surface area contributed by atoms with Gasteiger partial charge in [0.2, 0.25) is 5.91 Å². The summed E-state index contributed by atoms with van der Waals surface area (Å²) in [5.41, 5.74) is 0.253. The van der Waals surface area contributed by atoms with Gasteiger partial charge < -0.3 is 20.1 Å². The number of aliphatic hydroxyl groups is 1. The zero-order chi connectivity index (χ0) is 20.5. The van der Waals surface area contributed by atoms with E-state index in [1.54, 1.807) is 18.0 Å². The quantitative estimate of drug-likeness (QED) is 0.674. The van der Waals surface area contributed by atoms with Gasteiger partial charge in [-0.3, -0.25) is 9.59 Å². The summed E-state index contributed by atoms with van der Waals surface area (Å²) in [4.78, 5) is 26.9. The molecule has 2 N–H and O–H groups in total. The summed E-state index contributed by atoms with van der Waals surface area (Å²) in [5, 5.41) is 11.9. The minimum atomic E-state index is -0.464. The molecule has 0 aromatic heterocycles. The number of rotatable bonds is 9. The molecule has 156 valence electrons. The number of carbonyl (C=O) groups is 2. The standard InChI is InChI=1S/C21H31FN2O4/c1-3-12-28-19-9-8-16(21(27)24(2)10-5-11-25)14-18(19)23-20(26)15-6-4-7-17(22)13-15/h4,6-7,13,16,18-19,25H,3,5,8-12,14H2,1-2H3,(H,23,26)/t16-,18+,19+/m0/s1. The molecule has 0 aliphatic heterocycles. The number of ether oxygens (including phenoxy) is 1. The van der Waals surface area contributed by atoms with Crippen molar-refractivity contribution in [2.75, 3.05) is 26.8 Å². The van der Waals surface area contributed by atoms with Gasteiger partial charge in [0.25, 0.3) is 5.91 Å². The van der Waals surface area contributed by atoms with Gasteiger partial charge in [-0.15, -0.1) is 0 Å². The number of aliphatic hydroxyl groups excluding tert-OH is 1. The van der Waals surface area contributed by atoms with Gasteiger partial charge in [0.05, 0.1) is 12.1 Å². The Balaban J connectivity index is 2.06. The van der Waals surface area contributed by atoms with Gasteiger partial charge >= 0.3 is 0 Å². The normalized spacial score (nSPS) is 21.9. The van der Waals surface area contributed by atoms with E-state index in [4.69, 9.17) is 9.84 Å². The van der Waals surface area contributed by atoms with Crippen LogP contribution in [-0.4, -0.2) is 60.8 Å². The molecule has 2 rings (SSSR count). The third kappa shape index (κ3) is 6.27. The van der Waals surface area contributed by atoms with Crippen LogP contribution in [-0.2, 0) is 9.53 Å². The minimum absolute atomic E-state index is 0.0207. The van der Waals surface area contributed by atoms with E-state index < -0.39 is 5.82 Å². The second kappa shape index (κ2) is 11.1. The summed E-state index contributed by atoms with van der Waals surface area (Å²) in [7, 11) is 1.73. The molecule has 28 heavy (non-hydrogen) atoms. The third-order valence-corrected chi connectivity index (χ3v) is 5.10. The lowest BCUT2D eigenvalue weighted by atomic mass is 9.82. The molecule has 1 aromatic rings. The smallest absolute Gasteiger partial charge is 0.251 e. The Morgan fingerprint density at radius 3 is 2.82 bits per heavy atom. The molecule has 1 aromatic carbocycles. The predicted octanol–water partition coefficient (Wildman–Crippen LogP) is 2.36. The molecule has 6 nitrogen and oxygen atoms in total. The first kappa shape index (κ1) is 22.3. The number of benzene rings is 1. The Labute approximate surface area is 166 Å². The molecule has 0 bridgehead atoms. The lowest BCUT2D eigenvalue weighted by Crippen LogP contribution is -2.50. The fraction of sp³-hybridized carbons (Fsp3) is 0.619. The minimum Gasteiger partial charge on any atom is -0.396 e. The van der Waals surface area contributed by atoms with Crippen LogP contribution in [0.15, 0.2) is 24.3 Å². The molecular weight excluding hydrogens is 363 g/mol. The zero-order valence-corrected chi connectivity index (χ0v) is 16.7. The lowest BCUT2D eigenvalue weighted by molar-refractivity contribution is -0.137. The van der Waals surface area contributed by atoms with Crippen molar-refractivity contribution in [3.05, 3.63) is 35.6 Å². The summed E-state index contributed by atoms with van der Waals surface area (Å²) >= 11 is 0. The van der Waals surface area contributed by atoms with E-state index >= 15 is 0 Å². The molecular formula is C21H31FN2O4. The third-order valence-electron chi connectivity index (χ3n) is 5.10. The highest BCUT2D eigenvalue weighted by atomic mass is 19.1. The molecule has 0 unspecified atom stereocenters. The number of carbonyl (C=O) groups excluding carboxylic acids is 2. The van der Waals surface area contributed by atoms with E-state index in [1.807, 2.05) is 6.92 Å². The molecule has 1 aliphatic rings. The van der Waals surface area contributed by atoms with Gasteiger partial charge in [-0.25, -0.2) is 4.39 Å². The van der Waals surface area contributed by atoms with Crippen molar-refractivity contribution in [2.24, 2.45) is 5.92 Å². The number of nitrogens with zero attached hydrogens (tertiary/aromatic N) is 1. The summed E-state index contributed by atoms with van der Waals surface area (Å²) in [5.74, 6) is -1.01. The summed E-state index contributed by atoms with van der Waals surface area (Å²) in [6, 6.07) is 5.25. The number of halogens is 1. The van der Waals surface area contributed by atoms with Crippen molar-refractivity contribution in [3.8, 4) is 0 Å². The average Bonchev–Trinajstić information content (AvgIpc) is 2.70. The Bertz CT molecular complexity index is 655. The summed E-state index contributed by atoms with van der Waals surface area (Å²) in [6.07, 6.45) is 3.10. The maximum Gasteiger partial charge on any atom is 0.251 e. The first-order valence-electron chi connectivity index (χ1n) is 10.00. The maximum absolute atomic E-state index is 13.4. The van der Waals surface area contributed by atoms with Crippen molar-refractivity contribution < 1.29 is 23.8 Å². The van der Waals surface area contributed by atoms with Gasteiger partial charge in [0.1, 0.15) is 5.82 Å². The highest BCUT2D eigenvalue weighted by Gasteiger charge is 2.36. The molecule has 1 fully saturated rings. The van der Waals surface area contributed by atoms with Crippen LogP contribution in [0.25, 0.3) is 0 Å². The molecule has 0 saturated heterocycles. The van der Waals surface area contributed by atoms with E-state index in [2.05, 4.69) is 5.32 Å². The largest absolute Gasteiger partial charge is 0.396 e. The number of hydrogen-bond donors (Lipinski definition) is 2. The lowest BCUT2D eigenvalue weighted by Gasteiger charge is -2.37. The van der Waals surface area contributed by atoms with Crippen LogP contribution in [0.5, 0.6) is 0 Å². The van der Waals surface area contributed by atoms with Crippen LogP contribution in [0.3, 0.4) is 0 Å². The van der Waals surface area contributed by atoms with E-state index in [1.165, 1.54) is 18.2 Å². The van der Waals surface area contributed by atoms with Gasteiger partial charge in [0.15, 0.2) is 0 Å². The Morgan fingerprint density at radius 1 is 1.36 bits per heavy atom. The second-order valence-corrected chi connectivity index (χ2v) is 7.35. The van der Waals surface area contributed by atoms with Crippen molar-refractivity contribution in [2.45, 2.75) is 51.2 Å². The van der Waals surface area contributed by atoms with Crippen LogP contribution in [0.4, 0.5) is 4.39 Å². The topological polar surface area (TPSA) is 78.9 Å². The van der Waals surface area contributed by atoms with Crippen molar-refractivity contribution in [1.82, 2.24) is 10.2 Å². The SMILES string of the molecule is CCCO[C@@H]1CC[C@H](C(=O)N(C)CCCO)C[C@H]1NC(=O)c1cccc(F)c1. The molecule has 0 heterocycles. The van der Waals surface area contributed by atoms with Crippen molar-refractivity contribution in [1.29, 1.82) is 0 Å². The van der Waals surface area contributed by atoms with E-state index in [-0.39, 0.29) is 42.0 Å². The van der Waals surface area contributed by atoms with Crippen LogP contribution in [0.1, 0.15) is 49.4 Å². The van der Waals surface area contributed by atoms with Crippen LogP contribution in [0.2, 0.25) is 0 Å². The number of amides is 2. The Hall–Kier alpha value is -1.99. The highest BCUT2D eigenvalue weighted by molar-refractivity contribution is 5.94. The van der Waals surface area contributed by atoms with Gasteiger partial charge in [-0.1, -0.05) is 13.0 Å². The zero-order valence-electron chi connectivity index (χ0n) is 16.7. The number of nitrogens with one attached hydrogen (secondary N) is 1. The van der Waals surface area contributed by atoms with Gasteiger partial charge in [-0.2, -0.15) is 0 Å². The summed E-state index contributed by atoms with van der Waals surface area (Å²) in [6.45, 7) is 3.15. The molecule has 0 spiro atoms. The van der Waals surface area contributed by atoms with Crippen LogP contribution >= 0.6 is 0 Å². The fourth-order valence-corrected chi connectivity index (χ4v) is 3.60. The van der Waals surface area contributed by atoms with Gasteiger partial charge in [-0.05, 0) is 50.3 Å². The summed E-state index contributed by atoms with van der Waals surface area (Å²) < 4.78 is 19.3.